The van der Waals surface area contributed by atoms with E-state index in [0.717, 1.165) is 24.6 Å². The molecule has 6 nitrogen and oxygen atoms in total. The van der Waals surface area contributed by atoms with Crippen molar-refractivity contribution in [1.29, 1.82) is 0 Å². The first-order valence-electron chi connectivity index (χ1n) is 4.40. The van der Waals surface area contributed by atoms with Crippen molar-refractivity contribution < 1.29 is 9.90 Å². The van der Waals surface area contributed by atoms with Crippen molar-refractivity contribution in [3.63, 3.8) is 0 Å². The number of aliphatic carboxylic acids is 1. The summed E-state index contributed by atoms with van der Waals surface area (Å²) in [5.41, 5.74) is 6.31. The van der Waals surface area contributed by atoms with Gasteiger partial charge >= 0.3 is 5.97 Å². The summed E-state index contributed by atoms with van der Waals surface area (Å²) < 4.78 is 1.83. The van der Waals surface area contributed by atoms with E-state index in [0.29, 0.717) is 5.82 Å². The summed E-state index contributed by atoms with van der Waals surface area (Å²) in [5, 5.41) is 11.9. The average molecular weight is 196 g/mol. The largest absolute Gasteiger partial charge is 0.480 e. The van der Waals surface area contributed by atoms with E-state index in [2.05, 4.69) is 10.3 Å². The molecule has 0 radical (unpaired) electrons. The van der Waals surface area contributed by atoms with Gasteiger partial charge in [-0.3, -0.25) is 4.79 Å². The normalized spacial score (nSPS) is 16.1. The van der Waals surface area contributed by atoms with Crippen LogP contribution in [0, 0.1) is 6.92 Å². The van der Waals surface area contributed by atoms with Gasteiger partial charge in [0, 0.05) is 13.1 Å². The molecule has 0 fully saturated rings. The zero-order chi connectivity index (χ0) is 10.3. The van der Waals surface area contributed by atoms with Gasteiger partial charge in [0.1, 0.15) is 11.6 Å². The summed E-state index contributed by atoms with van der Waals surface area (Å²) in [5.74, 6) is 0.261. The third kappa shape index (κ3) is 1.15. The van der Waals surface area contributed by atoms with Crippen LogP contribution in [0.1, 0.15) is 17.6 Å². The standard InChI is InChI=1S/C8H12N4O2/c1-4-6-10-2-3-12(6)7(11-4)5(9)8(13)14/h5,10H,2-3,9H2,1H3,(H,13,14). The molecule has 0 bridgehead atoms. The molecule has 1 atom stereocenters. The molecular formula is C8H12N4O2. The Morgan fingerprint density at radius 1 is 1.79 bits per heavy atom. The minimum atomic E-state index is -1.05. The Bertz CT molecular complexity index is 385. The molecule has 6 heteroatoms. The molecule has 1 aromatic heterocycles. The second kappa shape index (κ2) is 2.98. The summed E-state index contributed by atoms with van der Waals surface area (Å²) >= 11 is 0. The molecule has 0 amide bonds. The van der Waals surface area contributed by atoms with Gasteiger partial charge in [-0.2, -0.15) is 0 Å². The number of rotatable bonds is 2. The van der Waals surface area contributed by atoms with Crippen LogP contribution in [0.2, 0.25) is 0 Å². The van der Waals surface area contributed by atoms with E-state index in [1.54, 1.807) is 0 Å². The first kappa shape index (κ1) is 9.01. The molecule has 0 aliphatic carbocycles. The van der Waals surface area contributed by atoms with Crippen LogP contribution in [-0.2, 0) is 11.3 Å². The number of imidazole rings is 1. The monoisotopic (exact) mass is 196 g/mol. The van der Waals surface area contributed by atoms with Crippen molar-refractivity contribution in [3.8, 4) is 0 Å². The van der Waals surface area contributed by atoms with E-state index in [-0.39, 0.29) is 0 Å². The Hall–Kier alpha value is -1.56. The van der Waals surface area contributed by atoms with Crippen LogP contribution in [0.5, 0.6) is 0 Å². The van der Waals surface area contributed by atoms with E-state index in [9.17, 15) is 4.79 Å². The van der Waals surface area contributed by atoms with Gasteiger partial charge in [0.05, 0.1) is 5.69 Å². The third-order valence-corrected chi connectivity index (χ3v) is 2.34. The number of hydrogen-bond donors (Lipinski definition) is 3. The van der Waals surface area contributed by atoms with E-state index in [1.165, 1.54) is 0 Å². The van der Waals surface area contributed by atoms with Crippen LogP contribution in [-0.4, -0.2) is 27.2 Å². The third-order valence-electron chi connectivity index (χ3n) is 2.34. The SMILES string of the molecule is Cc1nc(C(N)C(=O)O)n2c1NCC2. The molecule has 0 spiro atoms. The number of nitrogens with zero attached hydrogens (tertiary/aromatic N) is 2. The summed E-state index contributed by atoms with van der Waals surface area (Å²) in [6.07, 6.45) is 0. The number of anilines is 1. The Morgan fingerprint density at radius 3 is 3.14 bits per heavy atom. The maximum atomic E-state index is 10.7. The van der Waals surface area contributed by atoms with Crippen molar-refractivity contribution in [3.05, 3.63) is 11.5 Å². The van der Waals surface area contributed by atoms with E-state index in [1.807, 2.05) is 11.5 Å². The molecule has 14 heavy (non-hydrogen) atoms. The molecule has 4 N–H and O–H groups in total. The number of carboxylic acid groups (broad SMARTS) is 1. The minimum absolute atomic E-state index is 0.426. The zero-order valence-corrected chi connectivity index (χ0v) is 7.82. The number of carbonyl (C=O) groups is 1. The second-order valence-electron chi connectivity index (χ2n) is 3.30. The quantitative estimate of drug-likeness (QED) is 0.604. The van der Waals surface area contributed by atoms with Crippen LogP contribution in [0.4, 0.5) is 5.82 Å². The Kier molecular flexibility index (Phi) is 1.92. The van der Waals surface area contributed by atoms with Gasteiger partial charge in [-0.15, -0.1) is 0 Å². The van der Waals surface area contributed by atoms with Crippen molar-refractivity contribution in [2.45, 2.75) is 19.5 Å². The van der Waals surface area contributed by atoms with Crippen molar-refractivity contribution >= 4 is 11.8 Å². The first-order valence-corrected chi connectivity index (χ1v) is 4.40. The van der Waals surface area contributed by atoms with Gasteiger partial charge in [0.25, 0.3) is 0 Å². The fraction of sp³-hybridized carbons (Fsp3) is 0.500. The van der Waals surface area contributed by atoms with Crippen molar-refractivity contribution in [1.82, 2.24) is 9.55 Å². The van der Waals surface area contributed by atoms with E-state index in [4.69, 9.17) is 10.8 Å². The molecule has 1 aromatic rings. The average Bonchev–Trinajstić information content (AvgIpc) is 2.68. The van der Waals surface area contributed by atoms with Gasteiger partial charge in [-0.05, 0) is 6.92 Å². The zero-order valence-electron chi connectivity index (χ0n) is 7.82. The van der Waals surface area contributed by atoms with Gasteiger partial charge in [0.2, 0.25) is 0 Å². The van der Waals surface area contributed by atoms with Crippen LogP contribution < -0.4 is 11.1 Å². The van der Waals surface area contributed by atoms with Crippen LogP contribution in [0.25, 0.3) is 0 Å². The van der Waals surface area contributed by atoms with Crippen LogP contribution in [0.15, 0.2) is 0 Å². The second-order valence-corrected chi connectivity index (χ2v) is 3.30. The Morgan fingerprint density at radius 2 is 2.50 bits per heavy atom. The molecule has 0 saturated carbocycles. The molecule has 1 unspecified atom stereocenters. The highest BCUT2D eigenvalue weighted by Crippen LogP contribution is 2.24. The minimum Gasteiger partial charge on any atom is -0.480 e. The summed E-state index contributed by atoms with van der Waals surface area (Å²) in [7, 11) is 0. The van der Waals surface area contributed by atoms with Gasteiger partial charge in [0.15, 0.2) is 6.04 Å². The topological polar surface area (TPSA) is 93.2 Å². The summed E-state index contributed by atoms with van der Waals surface area (Å²) in [4.78, 5) is 14.9. The lowest BCUT2D eigenvalue weighted by atomic mass is 10.3. The van der Waals surface area contributed by atoms with Gasteiger partial charge < -0.3 is 20.7 Å². The van der Waals surface area contributed by atoms with Crippen molar-refractivity contribution in [2.24, 2.45) is 5.73 Å². The van der Waals surface area contributed by atoms with Crippen LogP contribution >= 0.6 is 0 Å². The van der Waals surface area contributed by atoms with E-state index < -0.39 is 12.0 Å². The number of aromatic nitrogens is 2. The number of fused-ring (bicyclic) bond motifs is 1. The number of carboxylic acids is 1. The Balaban J connectivity index is 2.44. The first-order chi connectivity index (χ1) is 6.61. The number of hydrogen-bond acceptors (Lipinski definition) is 4. The number of nitrogens with two attached hydrogens (primary N) is 1. The predicted molar refractivity (Wildman–Crippen MR) is 50.0 cm³/mol. The maximum absolute atomic E-state index is 10.7. The lowest BCUT2D eigenvalue weighted by Crippen LogP contribution is -2.24. The molecular weight excluding hydrogens is 184 g/mol. The van der Waals surface area contributed by atoms with Gasteiger partial charge in [-0.25, -0.2) is 4.98 Å². The fourth-order valence-corrected chi connectivity index (χ4v) is 1.68. The van der Waals surface area contributed by atoms with Gasteiger partial charge in [-0.1, -0.05) is 0 Å². The molecule has 1 aliphatic heterocycles. The molecule has 2 rings (SSSR count). The lowest BCUT2D eigenvalue weighted by Gasteiger charge is -2.06. The van der Waals surface area contributed by atoms with Crippen molar-refractivity contribution in [2.75, 3.05) is 11.9 Å². The molecule has 0 saturated heterocycles. The molecule has 0 aromatic carbocycles. The van der Waals surface area contributed by atoms with E-state index >= 15 is 0 Å². The number of nitrogens with one attached hydrogen (secondary N) is 1. The highest BCUT2D eigenvalue weighted by atomic mass is 16.4. The maximum Gasteiger partial charge on any atom is 0.328 e. The highest BCUT2D eigenvalue weighted by Gasteiger charge is 2.26. The molecule has 2 heterocycles. The molecule has 76 valence electrons. The smallest absolute Gasteiger partial charge is 0.328 e. The Labute approximate surface area is 80.7 Å². The molecule has 1 aliphatic rings. The summed E-state index contributed by atoms with van der Waals surface area (Å²) in [6.45, 7) is 3.37. The van der Waals surface area contributed by atoms with Crippen LogP contribution in [0.3, 0.4) is 0 Å². The predicted octanol–water partition coefficient (Wildman–Crippen LogP) is -0.299. The lowest BCUT2D eigenvalue weighted by molar-refractivity contribution is -0.138. The highest BCUT2D eigenvalue weighted by molar-refractivity contribution is 5.74. The summed E-state index contributed by atoms with van der Waals surface area (Å²) in [6, 6.07) is -1.04. The number of aryl methyl sites for hydroxylation is 1. The fourth-order valence-electron chi connectivity index (χ4n) is 1.68.